The fourth-order valence-electron chi connectivity index (χ4n) is 4.37. The Morgan fingerprint density at radius 1 is 1.04 bits per heavy atom. The number of anilines is 1. The van der Waals surface area contributed by atoms with Crippen LogP contribution >= 0.6 is 0 Å². The van der Waals surface area contributed by atoms with E-state index in [4.69, 9.17) is 9.47 Å². The van der Waals surface area contributed by atoms with Crippen molar-refractivity contribution in [2.75, 3.05) is 45.8 Å². The van der Waals surface area contributed by atoms with Crippen LogP contribution in [0, 0.1) is 5.41 Å². The van der Waals surface area contributed by atoms with Crippen LogP contribution in [0.1, 0.15) is 19.3 Å². The first kappa shape index (κ1) is 16.9. The fraction of sp³-hybridized carbons (Fsp3) is 0.500. The summed E-state index contributed by atoms with van der Waals surface area (Å²) in [5.41, 5.74) is 1.89. The van der Waals surface area contributed by atoms with Crippen LogP contribution in [-0.4, -0.2) is 56.7 Å². The van der Waals surface area contributed by atoms with Crippen molar-refractivity contribution < 1.29 is 14.3 Å². The van der Waals surface area contributed by atoms with Crippen molar-refractivity contribution in [2.45, 2.75) is 19.3 Å². The molecule has 1 aromatic heterocycles. The Bertz CT molecular complexity index is 844. The molecule has 2 aliphatic heterocycles. The number of carbonyl (C=O) groups excluding carboxylic acids is 1. The molecule has 4 rings (SSSR count). The Labute approximate surface area is 153 Å². The summed E-state index contributed by atoms with van der Waals surface area (Å²) >= 11 is 0. The van der Waals surface area contributed by atoms with Gasteiger partial charge in [-0.3, -0.25) is 9.78 Å². The maximum absolute atomic E-state index is 12.6. The molecule has 1 amide bonds. The number of amides is 1. The standard InChI is InChI=1S/C20H25N3O3/c1-22-9-5-20(19(22)24)6-10-23(11-7-20)16-4-8-21-15-13-18(26-3)17(25-2)12-14(15)16/h4,8,12-13H,5-7,9-11H2,1-3H3. The highest BCUT2D eigenvalue weighted by molar-refractivity contribution is 5.94. The number of benzene rings is 1. The quantitative estimate of drug-likeness (QED) is 0.847. The van der Waals surface area contributed by atoms with Gasteiger partial charge in [0.15, 0.2) is 11.5 Å². The van der Waals surface area contributed by atoms with Crippen LogP contribution in [0.2, 0.25) is 0 Å². The number of carbonyl (C=O) groups is 1. The third-order valence-electron chi connectivity index (χ3n) is 6.01. The van der Waals surface area contributed by atoms with Gasteiger partial charge < -0.3 is 19.3 Å². The summed E-state index contributed by atoms with van der Waals surface area (Å²) in [5, 5.41) is 1.05. The zero-order chi connectivity index (χ0) is 18.3. The van der Waals surface area contributed by atoms with Gasteiger partial charge in [0.25, 0.3) is 0 Å². The molecule has 0 atom stereocenters. The molecule has 6 heteroatoms. The van der Waals surface area contributed by atoms with E-state index < -0.39 is 0 Å². The number of pyridine rings is 1. The summed E-state index contributed by atoms with van der Waals surface area (Å²) in [4.78, 5) is 21.3. The number of methoxy groups -OCH3 is 2. The van der Waals surface area contributed by atoms with Crippen molar-refractivity contribution in [3.05, 3.63) is 24.4 Å². The molecule has 3 heterocycles. The van der Waals surface area contributed by atoms with Gasteiger partial charge >= 0.3 is 0 Å². The van der Waals surface area contributed by atoms with Gasteiger partial charge in [0.1, 0.15) is 0 Å². The van der Waals surface area contributed by atoms with Gasteiger partial charge in [0.2, 0.25) is 5.91 Å². The van der Waals surface area contributed by atoms with E-state index in [0.717, 1.165) is 55.5 Å². The summed E-state index contributed by atoms with van der Waals surface area (Å²) < 4.78 is 10.9. The number of hydrogen-bond acceptors (Lipinski definition) is 5. The molecule has 1 spiro atoms. The molecule has 0 bridgehead atoms. The van der Waals surface area contributed by atoms with Crippen molar-refractivity contribution in [3.63, 3.8) is 0 Å². The van der Waals surface area contributed by atoms with Crippen molar-refractivity contribution >= 4 is 22.5 Å². The minimum Gasteiger partial charge on any atom is -0.493 e. The molecule has 2 saturated heterocycles. The number of fused-ring (bicyclic) bond motifs is 1. The van der Waals surface area contributed by atoms with E-state index in [2.05, 4.69) is 16.0 Å². The lowest BCUT2D eigenvalue weighted by atomic mass is 9.77. The van der Waals surface area contributed by atoms with E-state index >= 15 is 0 Å². The summed E-state index contributed by atoms with van der Waals surface area (Å²) in [5.74, 6) is 1.71. The largest absolute Gasteiger partial charge is 0.493 e. The number of likely N-dealkylation sites (tertiary alicyclic amines) is 1. The number of ether oxygens (including phenoxy) is 2. The summed E-state index contributed by atoms with van der Waals surface area (Å²) in [7, 11) is 5.19. The minimum atomic E-state index is -0.144. The molecular weight excluding hydrogens is 330 g/mol. The molecular formula is C20H25N3O3. The number of hydrogen-bond donors (Lipinski definition) is 0. The van der Waals surface area contributed by atoms with Gasteiger partial charge in [-0.1, -0.05) is 0 Å². The summed E-state index contributed by atoms with van der Waals surface area (Å²) in [6.45, 7) is 2.65. The van der Waals surface area contributed by atoms with Crippen LogP contribution in [0.25, 0.3) is 10.9 Å². The van der Waals surface area contributed by atoms with Crippen molar-refractivity contribution in [3.8, 4) is 11.5 Å². The normalized spacial score (nSPS) is 19.4. The first-order valence-electron chi connectivity index (χ1n) is 9.09. The number of aromatic nitrogens is 1. The van der Waals surface area contributed by atoms with Gasteiger partial charge in [-0.05, 0) is 31.4 Å². The van der Waals surface area contributed by atoms with Crippen molar-refractivity contribution in [2.24, 2.45) is 5.41 Å². The lowest BCUT2D eigenvalue weighted by Gasteiger charge is -2.39. The first-order chi connectivity index (χ1) is 12.6. The predicted octanol–water partition coefficient (Wildman–Crippen LogP) is 2.70. The zero-order valence-electron chi connectivity index (χ0n) is 15.6. The molecule has 0 saturated carbocycles. The van der Waals surface area contributed by atoms with Gasteiger partial charge in [-0.2, -0.15) is 0 Å². The Balaban J connectivity index is 1.65. The van der Waals surface area contributed by atoms with Crippen LogP contribution in [0.3, 0.4) is 0 Å². The van der Waals surface area contributed by atoms with Crippen LogP contribution < -0.4 is 14.4 Å². The molecule has 26 heavy (non-hydrogen) atoms. The van der Waals surface area contributed by atoms with Crippen LogP contribution in [0.5, 0.6) is 11.5 Å². The topological polar surface area (TPSA) is 54.9 Å². The molecule has 0 unspecified atom stereocenters. The second-order valence-electron chi connectivity index (χ2n) is 7.30. The molecule has 0 radical (unpaired) electrons. The Morgan fingerprint density at radius 2 is 1.69 bits per heavy atom. The van der Waals surface area contributed by atoms with E-state index in [-0.39, 0.29) is 5.41 Å². The Morgan fingerprint density at radius 3 is 2.31 bits per heavy atom. The molecule has 138 valence electrons. The summed E-state index contributed by atoms with van der Waals surface area (Å²) in [6, 6.07) is 5.96. The van der Waals surface area contributed by atoms with Crippen LogP contribution in [-0.2, 0) is 4.79 Å². The number of piperidine rings is 1. The third-order valence-corrected chi connectivity index (χ3v) is 6.01. The monoisotopic (exact) mass is 355 g/mol. The fourth-order valence-corrected chi connectivity index (χ4v) is 4.37. The van der Waals surface area contributed by atoms with Gasteiger partial charge in [0.05, 0.1) is 25.2 Å². The van der Waals surface area contributed by atoms with Gasteiger partial charge in [0, 0.05) is 50.0 Å². The molecule has 6 nitrogen and oxygen atoms in total. The predicted molar refractivity (Wildman–Crippen MR) is 101 cm³/mol. The van der Waals surface area contributed by atoms with Crippen LogP contribution in [0.4, 0.5) is 5.69 Å². The average molecular weight is 355 g/mol. The molecule has 2 fully saturated rings. The Hall–Kier alpha value is -2.50. The highest BCUT2D eigenvalue weighted by Crippen LogP contribution is 2.43. The molecule has 0 N–H and O–H groups in total. The van der Waals surface area contributed by atoms with E-state index in [1.807, 2.05) is 30.3 Å². The zero-order valence-corrected chi connectivity index (χ0v) is 15.6. The van der Waals surface area contributed by atoms with Gasteiger partial charge in [-0.15, -0.1) is 0 Å². The number of rotatable bonds is 3. The van der Waals surface area contributed by atoms with E-state index in [9.17, 15) is 4.79 Å². The van der Waals surface area contributed by atoms with Crippen LogP contribution in [0.15, 0.2) is 24.4 Å². The molecule has 2 aromatic rings. The highest BCUT2D eigenvalue weighted by Gasteiger charge is 2.46. The summed E-state index contributed by atoms with van der Waals surface area (Å²) in [6.07, 6.45) is 4.64. The van der Waals surface area contributed by atoms with Gasteiger partial charge in [-0.25, -0.2) is 0 Å². The third kappa shape index (κ3) is 2.55. The Kier molecular flexibility index (Phi) is 4.13. The van der Waals surface area contributed by atoms with E-state index in [1.165, 1.54) is 0 Å². The smallest absolute Gasteiger partial charge is 0.228 e. The molecule has 1 aromatic carbocycles. The van der Waals surface area contributed by atoms with Crippen molar-refractivity contribution in [1.82, 2.24) is 9.88 Å². The maximum atomic E-state index is 12.6. The average Bonchev–Trinajstić information content (AvgIpc) is 2.95. The minimum absolute atomic E-state index is 0.144. The maximum Gasteiger partial charge on any atom is 0.228 e. The second kappa shape index (κ2) is 6.34. The van der Waals surface area contributed by atoms with E-state index in [0.29, 0.717) is 17.4 Å². The lowest BCUT2D eigenvalue weighted by molar-refractivity contribution is -0.135. The number of nitrogens with zero attached hydrogens (tertiary/aromatic N) is 3. The molecule has 2 aliphatic rings. The first-order valence-corrected chi connectivity index (χ1v) is 9.09. The SMILES string of the molecule is COc1cc2nccc(N3CCC4(CCN(C)C4=O)CC3)c2cc1OC. The van der Waals surface area contributed by atoms with Crippen molar-refractivity contribution in [1.29, 1.82) is 0 Å². The highest BCUT2D eigenvalue weighted by atomic mass is 16.5. The second-order valence-corrected chi connectivity index (χ2v) is 7.30. The van der Waals surface area contributed by atoms with E-state index in [1.54, 1.807) is 14.2 Å². The molecule has 0 aliphatic carbocycles. The lowest BCUT2D eigenvalue weighted by Crippen LogP contribution is -2.44.